The van der Waals surface area contributed by atoms with Crippen molar-refractivity contribution in [3.63, 3.8) is 0 Å². The van der Waals surface area contributed by atoms with Crippen LogP contribution in [0.25, 0.3) is 0 Å². The van der Waals surface area contributed by atoms with Gasteiger partial charge >= 0.3 is 5.97 Å². The molecule has 142 valence electrons. The van der Waals surface area contributed by atoms with Crippen LogP contribution in [0.1, 0.15) is 64.3 Å². The lowest BCUT2D eigenvalue weighted by Gasteiger charge is -2.22. The molecule has 0 saturated heterocycles. The Bertz CT molecular complexity index is 811. The summed E-state index contributed by atoms with van der Waals surface area (Å²) in [6.07, 6.45) is 8.24. The summed E-state index contributed by atoms with van der Waals surface area (Å²) >= 11 is 7.59. The van der Waals surface area contributed by atoms with E-state index in [1.165, 1.54) is 49.4 Å². The molecule has 3 nitrogen and oxygen atoms in total. The fourth-order valence-corrected chi connectivity index (χ4v) is 4.09. The summed E-state index contributed by atoms with van der Waals surface area (Å²) in [5.41, 5.74) is 2.14. The molecule has 0 N–H and O–H groups in total. The molecule has 0 amide bonds. The number of benzene rings is 2. The van der Waals surface area contributed by atoms with Crippen LogP contribution < -0.4 is 0 Å². The molecule has 0 atom stereocenters. The number of halogens is 1. The number of rotatable bonds is 6. The van der Waals surface area contributed by atoms with Gasteiger partial charge in [0.05, 0.1) is 10.6 Å². The highest BCUT2D eigenvalue weighted by Gasteiger charge is 2.17. The third kappa shape index (κ3) is 5.14. The Morgan fingerprint density at radius 3 is 2.44 bits per heavy atom. The second kappa shape index (κ2) is 9.43. The van der Waals surface area contributed by atoms with Crippen molar-refractivity contribution in [2.45, 2.75) is 42.9 Å². The summed E-state index contributed by atoms with van der Waals surface area (Å²) in [4.78, 5) is 25.5. The standard InChI is InChI=1S/C22H23ClO3S/c1-27-18-11-12-20(23)19(13-18)22(25)26-14-21(24)17-9-7-16(8-10-17)15-5-3-2-4-6-15/h7-13,15H,2-6,14H2,1H3. The van der Waals surface area contributed by atoms with E-state index >= 15 is 0 Å². The van der Waals surface area contributed by atoms with Crippen LogP contribution in [0.2, 0.25) is 5.02 Å². The number of esters is 1. The monoisotopic (exact) mass is 402 g/mol. The van der Waals surface area contributed by atoms with Gasteiger partial charge in [0, 0.05) is 10.5 Å². The van der Waals surface area contributed by atoms with E-state index in [9.17, 15) is 9.59 Å². The molecular weight excluding hydrogens is 380 g/mol. The van der Waals surface area contributed by atoms with Crippen LogP contribution in [-0.2, 0) is 4.74 Å². The first-order chi connectivity index (χ1) is 13.1. The molecule has 1 aliphatic rings. The molecule has 1 aliphatic carbocycles. The normalized spacial score (nSPS) is 14.7. The van der Waals surface area contributed by atoms with Crippen LogP contribution in [0.4, 0.5) is 0 Å². The summed E-state index contributed by atoms with van der Waals surface area (Å²) in [7, 11) is 0. The van der Waals surface area contributed by atoms with Gasteiger partial charge in [0.2, 0.25) is 0 Å². The molecule has 0 aromatic heterocycles. The molecule has 0 aliphatic heterocycles. The van der Waals surface area contributed by atoms with Gasteiger partial charge in [0.15, 0.2) is 12.4 Å². The van der Waals surface area contributed by atoms with Crippen molar-refractivity contribution in [2.75, 3.05) is 12.9 Å². The van der Waals surface area contributed by atoms with Gasteiger partial charge in [0.25, 0.3) is 0 Å². The minimum Gasteiger partial charge on any atom is -0.454 e. The topological polar surface area (TPSA) is 43.4 Å². The summed E-state index contributed by atoms with van der Waals surface area (Å²) in [6, 6.07) is 12.9. The van der Waals surface area contributed by atoms with Gasteiger partial charge in [-0.2, -0.15) is 0 Å². The predicted molar refractivity (Wildman–Crippen MR) is 110 cm³/mol. The molecular formula is C22H23ClO3S. The zero-order valence-electron chi connectivity index (χ0n) is 15.4. The number of Topliss-reactive ketones (excluding diaryl/α,β-unsaturated/α-hetero) is 1. The highest BCUT2D eigenvalue weighted by molar-refractivity contribution is 7.98. The largest absolute Gasteiger partial charge is 0.454 e. The second-order valence-corrected chi connectivity index (χ2v) is 8.09. The van der Waals surface area contributed by atoms with E-state index in [0.717, 1.165) is 4.90 Å². The van der Waals surface area contributed by atoms with E-state index in [4.69, 9.17) is 16.3 Å². The Kier molecular flexibility index (Phi) is 6.97. The number of carbonyl (C=O) groups excluding carboxylic acids is 2. The Hall–Kier alpha value is -1.78. The first kappa shape index (κ1) is 20.0. The van der Waals surface area contributed by atoms with Crippen molar-refractivity contribution in [2.24, 2.45) is 0 Å². The van der Waals surface area contributed by atoms with Crippen LogP contribution in [0, 0.1) is 0 Å². The summed E-state index contributed by atoms with van der Waals surface area (Å²) in [5.74, 6) is -0.189. The molecule has 0 unspecified atom stereocenters. The molecule has 0 heterocycles. The minimum absolute atomic E-state index is 0.212. The average Bonchev–Trinajstić information content (AvgIpc) is 2.73. The van der Waals surface area contributed by atoms with Crippen LogP contribution >= 0.6 is 23.4 Å². The number of ether oxygens (including phenoxy) is 1. The summed E-state index contributed by atoms with van der Waals surface area (Å²) < 4.78 is 5.19. The molecule has 27 heavy (non-hydrogen) atoms. The van der Waals surface area contributed by atoms with Gasteiger partial charge < -0.3 is 4.74 Å². The second-order valence-electron chi connectivity index (χ2n) is 6.80. The average molecular weight is 403 g/mol. The van der Waals surface area contributed by atoms with Crippen molar-refractivity contribution in [1.29, 1.82) is 0 Å². The van der Waals surface area contributed by atoms with E-state index in [1.807, 2.05) is 36.6 Å². The first-order valence-corrected chi connectivity index (χ1v) is 10.8. The van der Waals surface area contributed by atoms with Crippen molar-refractivity contribution in [3.05, 3.63) is 64.2 Å². The van der Waals surface area contributed by atoms with Crippen LogP contribution in [0.3, 0.4) is 0 Å². The van der Waals surface area contributed by atoms with Gasteiger partial charge in [0.1, 0.15) is 0 Å². The van der Waals surface area contributed by atoms with Gasteiger partial charge in [-0.25, -0.2) is 4.79 Å². The third-order valence-corrected chi connectivity index (χ3v) is 6.09. The van der Waals surface area contributed by atoms with Crippen molar-refractivity contribution >= 4 is 35.1 Å². The summed E-state index contributed by atoms with van der Waals surface area (Å²) in [6.45, 7) is -0.290. The lowest BCUT2D eigenvalue weighted by molar-refractivity contribution is 0.0474. The van der Waals surface area contributed by atoms with Crippen LogP contribution in [-0.4, -0.2) is 24.6 Å². The molecule has 1 fully saturated rings. The molecule has 0 radical (unpaired) electrons. The van der Waals surface area contributed by atoms with E-state index in [0.29, 0.717) is 16.5 Å². The van der Waals surface area contributed by atoms with Crippen molar-refractivity contribution in [1.82, 2.24) is 0 Å². The van der Waals surface area contributed by atoms with Crippen molar-refractivity contribution < 1.29 is 14.3 Å². The SMILES string of the molecule is CSc1ccc(Cl)c(C(=O)OCC(=O)c2ccc(C3CCCCC3)cc2)c1. The maximum absolute atomic E-state index is 12.4. The van der Waals surface area contributed by atoms with Crippen molar-refractivity contribution in [3.8, 4) is 0 Å². The van der Waals surface area contributed by atoms with E-state index in [2.05, 4.69) is 0 Å². The lowest BCUT2D eigenvalue weighted by atomic mass is 9.84. The van der Waals surface area contributed by atoms with Crippen LogP contribution in [0.15, 0.2) is 47.4 Å². The molecule has 3 rings (SSSR count). The molecule has 5 heteroatoms. The third-order valence-electron chi connectivity index (χ3n) is 5.04. The fourth-order valence-electron chi connectivity index (χ4n) is 3.46. The first-order valence-electron chi connectivity index (χ1n) is 9.22. The summed E-state index contributed by atoms with van der Waals surface area (Å²) in [5, 5.41) is 0.321. The zero-order chi connectivity index (χ0) is 19.2. The van der Waals surface area contributed by atoms with Gasteiger partial charge in [-0.1, -0.05) is 55.1 Å². The Morgan fingerprint density at radius 1 is 1.07 bits per heavy atom. The van der Waals surface area contributed by atoms with Gasteiger partial charge in [-0.3, -0.25) is 4.79 Å². The molecule has 0 bridgehead atoms. The number of hydrogen-bond acceptors (Lipinski definition) is 4. The smallest absolute Gasteiger partial charge is 0.340 e. The van der Waals surface area contributed by atoms with E-state index < -0.39 is 5.97 Å². The van der Waals surface area contributed by atoms with Crippen LogP contribution in [0.5, 0.6) is 0 Å². The molecule has 0 spiro atoms. The highest BCUT2D eigenvalue weighted by atomic mass is 35.5. The minimum atomic E-state index is -0.580. The van der Waals surface area contributed by atoms with E-state index in [-0.39, 0.29) is 18.0 Å². The number of thioether (sulfide) groups is 1. The van der Waals surface area contributed by atoms with Gasteiger partial charge in [-0.15, -0.1) is 11.8 Å². The number of carbonyl (C=O) groups is 2. The van der Waals surface area contributed by atoms with Gasteiger partial charge in [-0.05, 0) is 48.8 Å². The zero-order valence-corrected chi connectivity index (χ0v) is 16.9. The quantitative estimate of drug-likeness (QED) is 0.330. The Balaban J connectivity index is 1.59. The number of hydrogen-bond donors (Lipinski definition) is 0. The Labute approximate surface area is 169 Å². The maximum atomic E-state index is 12.4. The molecule has 2 aromatic carbocycles. The lowest BCUT2D eigenvalue weighted by Crippen LogP contribution is -2.15. The Morgan fingerprint density at radius 2 is 1.78 bits per heavy atom. The molecule has 2 aromatic rings. The predicted octanol–water partition coefficient (Wildman–Crippen LogP) is 6.15. The fraction of sp³-hybridized carbons (Fsp3) is 0.364. The number of ketones is 1. The molecule has 1 saturated carbocycles. The van der Waals surface area contributed by atoms with E-state index in [1.54, 1.807) is 12.1 Å². The maximum Gasteiger partial charge on any atom is 0.340 e. The highest BCUT2D eigenvalue weighted by Crippen LogP contribution is 2.32.